The summed E-state index contributed by atoms with van der Waals surface area (Å²) < 4.78 is 30.5. The fourth-order valence-electron chi connectivity index (χ4n) is 1.33. The molecule has 0 atom stereocenters. The van der Waals surface area contributed by atoms with E-state index in [1.165, 1.54) is 12.1 Å². The Labute approximate surface area is 98.3 Å². The van der Waals surface area contributed by atoms with E-state index in [1.54, 1.807) is 12.1 Å². The van der Waals surface area contributed by atoms with Gasteiger partial charge in [-0.15, -0.1) is 0 Å². The Morgan fingerprint density at radius 2 is 1.53 bits per heavy atom. The van der Waals surface area contributed by atoms with Gasteiger partial charge in [-0.3, -0.25) is 4.55 Å². The molecule has 0 aliphatic carbocycles. The normalized spacial score (nSPS) is 11.0. The summed E-state index contributed by atoms with van der Waals surface area (Å²) in [6.45, 7) is 0. The van der Waals surface area contributed by atoms with Crippen LogP contribution in [0, 0.1) is 0 Å². The van der Waals surface area contributed by atoms with Gasteiger partial charge < -0.3 is 0 Å². The van der Waals surface area contributed by atoms with Gasteiger partial charge in [0.2, 0.25) is 0 Å². The number of rotatable bonds is 1. The number of hydrogen-bond donors (Lipinski definition) is 1. The van der Waals surface area contributed by atoms with E-state index >= 15 is 0 Å². The third-order valence-electron chi connectivity index (χ3n) is 2.02. The predicted octanol–water partition coefficient (Wildman–Crippen LogP) is 2.08. The molecule has 0 bridgehead atoms. The quantitative estimate of drug-likeness (QED) is 0.633. The molecule has 15 heavy (non-hydrogen) atoms. The standard InChI is InChI=1S/C10H8O3S.Fe/c11-14(12,13)10-6-5-8-3-1-2-4-9(8)7-10;/h1-7H,(H,11,12,13);. The van der Waals surface area contributed by atoms with E-state index in [0.717, 1.165) is 10.8 Å². The zero-order valence-electron chi connectivity index (χ0n) is 7.57. The van der Waals surface area contributed by atoms with Gasteiger partial charge in [-0.25, -0.2) is 0 Å². The van der Waals surface area contributed by atoms with E-state index in [-0.39, 0.29) is 22.0 Å². The van der Waals surface area contributed by atoms with E-state index < -0.39 is 10.1 Å². The van der Waals surface area contributed by atoms with E-state index in [1.807, 2.05) is 18.2 Å². The summed E-state index contributed by atoms with van der Waals surface area (Å²) in [6, 6.07) is 11.9. The molecule has 0 unspecified atom stereocenters. The van der Waals surface area contributed by atoms with Crippen LogP contribution in [0.1, 0.15) is 0 Å². The topological polar surface area (TPSA) is 54.4 Å². The first kappa shape index (κ1) is 12.2. The molecule has 3 nitrogen and oxygen atoms in total. The van der Waals surface area contributed by atoms with E-state index in [0.29, 0.717) is 0 Å². The minimum Gasteiger partial charge on any atom is -0.282 e. The maximum absolute atomic E-state index is 10.8. The van der Waals surface area contributed by atoms with Crippen molar-refractivity contribution in [3.63, 3.8) is 0 Å². The Hall–Kier alpha value is -0.871. The maximum Gasteiger partial charge on any atom is 0.294 e. The second-order valence-corrected chi connectivity index (χ2v) is 4.41. The molecule has 0 saturated heterocycles. The zero-order chi connectivity index (χ0) is 10.2. The number of fused-ring (bicyclic) bond motifs is 1. The second-order valence-electron chi connectivity index (χ2n) is 2.98. The van der Waals surface area contributed by atoms with Crippen LogP contribution >= 0.6 is 0 Å². The van der Waals surface area contributed by atoms with Crippen molar-refractivity contribution in [3.05, 3.63) is 42.5 Å². The van der Waals surface area contributed by atoms with Gasteiger partial charge in [0.25, 0.3) is 10.1 Å². The predicted molar refractivity (Wildman–Crippen MR) is 53.8 cm³/mol. The molecule has 0 radical (unpaired) electrons. The largest absolute Gasteiger partial charge is 0.294 e. The molecule has 0 amide bonds. The minimum absolute atomic E-state index is 0. The molecule has 0 saturated carbocycles. The summed E-state index contributed by atoms with van der Waals surface area (Å²) in [4.78, 5) is -0.0730. The molecule has 2 aromatic rings. The Balaban J connectivity index is 0.00000112. The van der Waals surface area contributed by atoms with Crippen molar-refractivity contribution in [2.24, 2.45) is 0 Å². The van der Waals surface area contributed by atoms with Crippen molar-refractivity contribution >= 4 is 20.9 Å². The number of benzene rings is 2. The van der Waals surface area contributed by atoms with Gasteiger partial charge in [0, 0.05) is 17.1 Å². The van der Waals surface area contributed by atoms with Crippen molar-refractivity contribution in [2.75, 3.05) is 0 Å². The fourth-order valence-corrected chi connectivity index (χ4v) is 1.84. The van der Waals surface area contributed by atoms with Gasteiger partial charge in [0.1, 0.15) is 0 Å². The van der Waals surface area contributed by atoms with Crippen LogP contribution in [0.25, 0.3) is 10.8 Å². The first-order valence-corrected chi connectivity index (χ1v) is 5.48. The van der Waals surface area contributed by atoms with Crippen molar-refractivity contribution in [1.82, 2.24) is 0 Å². The fraction of sp³-hybridized carbons (Fsp3) is 0. The van der Waals surface area contributed by atoms with E-state index in [4.69, 9.17) is 4.55 Å². The molecule has 80 valence electrons. The Bertz CT molecular complexity index is 578. The molecule has 2 aromatic carbocycles. The first-order valence-electron chi connectivity index (χ1n) is 4.04. The smallest absolute Gasteiger partial charge is 0.282 e. The van der Waals surface area contributed by atoms with Crippen LogP contribution < -0.4 is 0 Å². The zero-order valence-corrected chi connectivity index (χ0v) is 9.49. The summed E-state index contributed by atoms with van der Waals surface area (Å²) in [5.74, 6) is 0. The molecule has 0 fully saturated rings. The average molecular weight is 264 g/mol. The van der Waals surface area contributed by atoms with Gasteiger partial charge in [0.15, 0.2) is 0 Å². The maximum atomic E-state index is 10.8. The minimum atomic E-state index is -4.09. The molecular formula is C10H8FeO3S. The molecule has 0 aliphatic heterocycles. The summed E-state index contributed by atoms with van der Waals surface area (Å²) >= 11 is 0. The molecule has 1 N–H and O–H groups in total. The van der Waals surface area contributed by atoms with Crippen LogP contribution in [-0.4, -0.2) is 13.0 Å². The average Bonchev–Trinajstić information content (AvgIpc) is 2.16. The molecule has 0 spiro atoms. The SMILES string of the molecule is O=S(=O)(O)c1ccc2ccccc2c1.[Fe]. The first-order chi connectivity index (χ1) is 6.57. The van der Waals surface area contributed by atoms with Gasteiger partial charge in [0.05, 0.1) is 4.90 Å². The Morgan fingerprint density at radius 3 is 2.13 bits per heavy atom. The van der Waals surface area contributed by atoms with Crippen LogP contribution in [-0.2, 0) is 27.2 Å². The van der Waals surface area contributed by atoms with Crippen LogP contribution in [0.5, 0.6) is 0 Å². The molecule has 5 heteroatoms. The summed E-state index contributed by atoms with van der Waals surface area (Å²) in [6.07, 6.45) is 0. The van der Waals surface area contributed by atoms with Gasteiger partial charge in [-0.2, -0.15) is 8.42 Å². The van der Waals surface area contributed by atoms with Crippen LogP contribution in [0.4, 0.5) is 0 Å². The molecule has 0 aliphatic rings. The second kappa shape index (κ2) is 4.33. The van der Waals surface area contributed by atoms with Crippen molar-refractivity contribution < 1.29 is 30.0 Å². The summed E-state index contributed by atoms with van der Waals surface area (Å²) in [5.41, 5.74) is 0. The van der Waals surface area contributed by atoms with E-state index in [9.17, 15) is 8.42 Å². The third kappa shape index (κ3) is 2.58. The van der Waals surface area contributed by atoms with Crippen LogP contribution in [0.15, 0.2) is 47.4 Å². The van der Waals surface area contributed by atoms with Gasteiger partial charge >= 0.3 is 0 Å². The molecule has 0 heterocycles. The van der Waals surface area contributed by atoms with Crippen molar-refractivity contribution in [3.8, 4) is 0 Å². The Morgan fingerprint density at radius 1 is 0.933 bits per heavy atom. The third-order valence-corrected chi connectivity index (χ3v) is 2.87. The van der Waals surface area contributed by atoms with Crippen molar-refractivity contribution in [1.29, 1.82) is 0 Å². The van der Waals surface area contributed by atoms with Gasteiger partial charge in [-0.1, -0.05) is 30.3 Å². The van der Waals surface area contributed by atoms with E-state index in [2.05, 4.69) is 0 Å². The molecule has 0 aromatic heterocycles. The monoisotopic (exact) mass is 264 g/mol. The number of hydrogen-bond acceptors (Lipinski definition) is 2. The van der Waals surface area contributed by atoms with Crippen LogP contribution in [0.3, 0.4) is 0 Å². The summed E-state index contributed by atoms with van der Waals surface area (Å²) in [7, 11) is -4.09. The van der Waals surface area contributed by atoms with Gasteiger partial charge in [-0.05, 0) is 22.9 Å². The molecular weight excluding hydrogens is 256 g/mol. The Kier molecular flexibility index (Phi) is 3.52. The molecule has 2 rings (SSSR count). The van der Waals surface area contributed by atoms with Crippen molar-refractivity contribution in [2.45, 2.75) is 4.90 Å². The summed E-state index contributed by atoms with van der Waals surface area (Å²) in [5, 5.41) is 1.74. The van der Waals surface area contributed by atoms with Crippen LogP contribution in [0.2, 0.25) is 0 Å².